The Morgan fingerprint density at radius 3 is 2.17 bits per heavy atom. The van der Waals surface area contributed by atoms with Crippen LogP contribution < -0.4 is 20.9 Å². The van der Waals surface area contributed by atoms with Crippen molar-refractivity contribution in [2.75, 3.05) is 18.1 Å². The van der Waals surface area contributed by atoms with Gasteiger partial charge in [0.2, 0.25) is 0 Å². The van der Waals surface area contributed by atoms with Gasteiger partial charge in [-0.25, -0.2) is 9.18 Å². The zero-order valence-corrected chi connectivity index (χ0v) is 25.3. The molecule has 0 spiro atoms. The second-order valence-electron chi connectivity index (χ2n) is 10.7. The third-order valence-electron chi connectivity index (χ3n) is 6.96. The molecule has 47 heavy (non-hydrogen) atoms. The highest BCUT2D eigenvalue weighted by atomic mass is 19.4. The van der Waals surface area contributed by atoms with Crippen molar-refractivity contribution in [2.24, 2.45) is 0 Å². The third kappa shape index (κ3) is 10.2. The first-order valence-electron chi connectivity index (χ1n) is 14.5. The van der Waals surface area contributed by atoms with Crippen molar-refractivity contribution in [3.63, 3.8) is 0 Å². The van der Waals surface area contributed by atoms with Crippen molar-refractivity contribution in [1.82, 2.24) is 0 Å². The molecule has 0 saturated heterocycles. The highest BCUT2D eigenvalue weighted by molar-refractivity contribution is 5.87. The third-order valence-corrected chi connectivity index (χ3v) is 6.96. The van der Waals surface area contributed by atoms with Crippen molar-refractivity contribution < 1.29 is 45.3 Å². The molecule has 4 rings (SSSR count). The molecule has 0 aliphatic rings. The molecule has 4 aromatic rings. The SMILES string of the molecule is Cc1cc(N)ccc1-c1ccc(N)cc1COC(=O)/C=C/c1ccc(C(F)(F)Oc2ccc(OCCCCC(F)(F)F)cc2F)cc1. The summed E-state index contributed by atoms with van der Waals surface area (Å²) in [6.07, 6.45) is -6.69. The number of hydrogen-bond acceptors (Lipinski definition) is 6. The Bertz CT molecular complexity index is 1720. The van der Waals surface area contributed by atoms with Crippen LogP contribution in [0.25, 0.3) is 17.2 Å². The molecule has 0 radical (unpaired) electrons. The summed E-state index contributed by atoms with van der Waals surface area (Å²) < 4.78 is 96.0. The van der Waals surface area contributed by atoms with Crippen molar-refractivity contribution in [2.45, 2.75) is 45.1 Å². The van der Waals surface area contributed by atoms with E-state index in [4.69, 9.17) is 20.9 Å². The van der Waals surface area contributed by atoms with Crippen LogP contribution >= 0.6 is 0 Å². The van der Waals surface area contributed by atoms with E-state index in [2.05, 4.69) is 4.74 Å². The van der Waals surface area contributed by atoms with Crippen LogP contribution in [0, 0.1) is 12.7 Å². The second-order valence-corrected chi connectivity index (χ2v) is 10.7. The number of hydrogen-bond donors (Lipinski definition) is 2. The summed E-state index contributed by atoms with van der Waals surface area (Å²) in [5.74, 6) is -2.59. The molecule has 4 aromatic carbocycles. The summed E-state index contributed by atoms with van der Waals surface area (Å²) in [6, 6.07) is 18.5. The predicted octanol–water partition coefficient (Wildman–Crippen LogP) is 8.96. The van der Waals surface area contributed by atoms with Gasteiger partial charge < -0.3 is 25.7 Å². The first-order chi connectivity index (χ1) is 22.2. The maximum absolute atomic E-state index is 14.8. The van der Waals surface area contributed by atoms with Crippen molar-refractivity contribution >= 4 is 23.4 Å². The Morgan fingerprint density at radius 2 is 1.51 bits per heavy atom. The van der Waals surface area contributed by atoms with Crippen LogP contribution in [0.2, 0.25) is 0 Å². The quantitative estimate of drug-likeness (QED) is 0.0490. The molecule has 0 aromatic heterocycles. The number of anilines is 2. The van der Waals surface area contributed by atoms with Gasteiger partial charge in [0.15, 0.2) is 11.6 Å². The molecule has 0 saturated carbocycles. The van der Waals surface area contributed by atoms with Gasteiger partial charge in [0.05, 0.1) is 12.2 Å². The van der Waals surface area contributed by atoms with Gasteiger partial charge in [-0.2, -0.15) is 22.0 Å². The Balaban J connectivity index is 1.32. The van der Waals surface area contributed by atoms with Crippen molar-refractivity contribution in [3.8, 4) is 22.6 Å². The lowest BCUT2D eigenvalue weighted by Crippen LogP contribution is -2.22. The van der Waals surface area contributed by atoms with E-state index < -0.39 is 41.8 Å². The van der Waals surface area contributed by atoms with E-state index in [9.17, 15) is 31.1 Å². The van der Waals surface area contributed by atoms with E-state index in [1.165, 1.54) is 24.3 Å². The fourth-order valence-corrected chi connectivity index (χ4v) is 4.60. The van der Waals surface area contributed by atoms with Crippen LogP contribution in [0.1, 0.15) is 41.5 Å². The zero-order valence-electron chi connectivity index (χ0n) is 25.3. The minimum Gasteiger partial charge on any atom is -0.493 e. The molecule has 0 amide bonds. The summed E-state index contributed by atoms with van der Waals surface area (Å²) in [7, 11) is 0. The second kappa shape index (κ2) is 15.0. The molecule has 12 heteroatoms. The Labute approximate surface area is 267 Å². The normalized spacial score (nSPS) is 11.9. The highest BCUT2D eigenvalue weighted by Crippen LogP contribution is 2.35. The molecule has 0 atom stereocenters. The van der Waals surface area contributed by atoms with Gasteiger partial charge in [0.1, 0.15) is 12.4 Å². The number of carbonyl (C=O) groups excluding carboxylic acids is 1. The van der Waals surface area contributed by atoms with E-state index in [0.29, 0.717) is 22.5 Å². The van der Waals surface area contributed by atoms with Crippen molar-refractivity contribution in [3.05, 3.63) is 113 Å². The highest BCUT2D eigenvalue weighted by Gasteiger charge is 2.35. The molecular weight excluding hydrogens is 626 g/mol. The van der Waals surface area contributed by atoms with Crippen LogP contribution in [-0.2, 0) is 22.2 Å². The first-order valence-corrected chi connectivity index (χ1v) is 14.5. The van der Waals surface area contributed by atoms with E-state index in [-0.39, 0.29) is 31.8 Å². The molecule has 4 N–H and O–H groups in total. The maximum atomic E-state index is 14.8. The number of halogens is 6. The number of rotatable bonds is 13. The summed E-state index contributed by atoms with van der Waals surface area (Å²) in [4.78, 5) is 12.5. The number of ether oxygens (including phenoxy) is 3. The Hall–Kier alpha value is -5.13. The van der Waals surface area contributed by atoms with Crippen LogP contribution in [0.5, 0.6) is 11.5 Å². The molecule has 0 fully saturated rings. The lowest BCUT2D eigenvalue weighted by molar-refractivity contribution is -0.187. The number of benzene rings is 4. The van der Waals surface area contributed by atoms with Gasteiger partial charge >= 0.3 is 18.3 Å². The van der Waals surface area contributed by atoms with Gasteiger partial charge in [-0.3, -0.25) is 0 Å². The monoisotopic (exact) mass is 658 g/mol. The van der Waals surface area contributed by atoms with E-state index >= 15 is 0 Å². The Kier molecular flexibility index (Phi) is 11.1. The van der Waals surface area contributed by atoms with Gasteiger partial charge in [0, 0.05) is 29.9 Å². The number of esters is 1. The lowest BCUT2D eigenvalue weighted by atomic mass is 9.95. The Morgan fingerprint density at radius 1 is 0.830 bits per heavy atom. The summed E-state index contributed by atoms with van der Waals surface area (Å²) >= 11 is 0. The molecule has 248 valence electrons. The van der Waals surface area contributed by atoms with Crippen LogP contribution in [0.15, 0.2) is 84.9 Å². The number of aryl methyl sites for hydroxylation is 1. The lowest BCUT2D eigenvalue weighted by Gasteiger charge is -2.19. The molecule has 0 unspecified atom stereocenters. The molecule has 6 nitrogen and oxygen atoms in total. The fourth-order valence-electron chi connectivity index (χ4n) is 4.60. The zero-order chi connectivity index (χ0) is 34.2. The number of alkyl halides is 5. The molecule has 0 aliphatic carbocycles. The van der Waals surface area contributed by atoms with Crippen LogP contribution in [0.4, 0.5) is 37.7 Å². The summed E-state index contributed by atoms with van der Waals surface area (Å²) in [5.41, 5.74) is 16.1. The van der Waals surface area contributed by atoms with E-state index in [0.717, 1.165) is 47.0 Å². The smallest absolute Gasteiger partial charge is 0.426 e. The van der Waals surface area contributed by atoms with Crippen LogP contribution in [0.3, 0.4) is 0 Å². The predicted molar refractivity (Wildman–Crippen MR) is 167 cm³/mol. The first kappa shape index (κ1) is 34.7. The van der Waals surface area contributed by atoms with Gasteiger partial charge in [0.25, 0.3) is 0 Å². The fraction of sp³-hybridized carbons (Fsp3) is 0.229. The van der Waals surface area contributed by atoms with Gasteiger partial charge in [-0.05, 0) is 102 Å². The minimum atomic E-state index is -4.27. The summed E-state index contributed by atoms with van der Waals surface area (Å²) in [5, 5.41) is 0. The molecule has 0 heterocycles. The average molecular weight is 659 g/mol. The maximum Gasteiger partial charge on any atom is 0.426 e. The topological polar surface area (TPSA) is 96.8 Å². The molecule has 0 bridgehead atoms. The largest absolute Gasteiger partial charge is 0.493 e. The average Bonchev–Trinajstić information content (AvgIpc) is 3.00. The summed E-state index contributed by atoms with van der Waals surface area (Å²) in [6.45, 7) is 1.75. The van der Waals surface area contributed by atoms with Gasteiger partial charge in [-0.1, -0.05) is 24.3 Å². The number of nitrogen functional groups attached to an aromatic ring is 2. The number of unbranched alkanes of at least 4 members (excludes halogenated alkanes) is 1. The van der Waals surface area contributed by atoms with Gasteiger partial charge in [-0.15, -0.1) is 0 Å². The number of nitrogens with two attached hydrogens (primary N) is 2. The van der Waals surface area contributed by atoms with E-state index in [1.807, 2.05) is 25.1 Å². The van der Waals surface area contributed by atoms with E-state index in [1.54, 1.807) is 18.2 Å². The minimum absolute atomic E-state index is 0.0370. The van der Waals surface area contributed by atoms with Crippen LogP contribution in [-0.4, -0.2) is 18.8 Å². The molecule has 0 aliphatic heterocycles. The molecular formula is C35H32F6N2O4. The van der Waals surface area contributed by atoms with Crippen molar-refractivity contribution in [1.29, 1.82) is 0 Å². The standard InChI is InChI=1S/C35H32F6N2O4/c1-22-18-26(42)9-12-29(22)30-13-10-27(43)19-24(30)21-46-33(44)15-6-23-4-7-25(8-5-23)35(40,41)47-32-14-11-28(20-31(32)36)45-17-3-2-16-34(37,38)39/h4-15,18-20H,2-3,16-17,21,42-43H2,1H3/b15-6+. The number of carbonyl (C=O) groups is 1.